The van der Waals surface area contributed by atoms with Gasteiger partial charge in [-0.3, -0.25) is 4.79 Å². The summed E-state index contributed by atoms with van der Waals surface area (Å²) in [5.41, 5.74) is 2.98. The van der Waals surface area contributed by atoms with E-state index in [1.165, 1.54) is 5.56 Å². The maximum absolute atomic E-state index is 11.8. The van der Waals surface area contributed by atoms with E-state index in [1.54, 1.807) is 13.3 Å². The monoisotopic (exact) mass is 352 g/mol. The van der Waals surface area contributed by atoms with Gasteiger partial charge in [0.2, 0.25) is 5.91 Å². The molecule has 1 aromatic carbocycles. The zero-order valence-corrected chi connectivity index (χ0v) is 15.0. The second-order valence-corrected chi connectivity index (χ2v) is 6.14. The molecule has 1 N–H and O–H groups in total. The Morgan fingerprint density at radius 3 is 2.85 bits per heavy atom. The SMILES string of the molecule is COCCNC(=O)CCCc1nc2cccnc2n1Cc1ccccc1. The Balaban J connectivity index is 1.69. The Kier molecular flexibility index (Phi) is 6.33. The van der Waals surface area contributed by atoms with Crippen LogP contribution in [0.3, 0.4) is 0 Å². The predicted octanol–water partition coefficient (Wildman–Crippen LogP) is 2.56. The van der Waals surface area contributed by atoms with E-state index in [0.29, 0.717) is 19.6 Å². The Bertz CT molecular complexity index is 845. The minimum Gasteiger partial charge on any atom is -0.383 e. The number of hydrogen-bond acceptors (Lipinski definition) is 4. The first-order valence-corrected chi connectivity index (χ1v) is 8.87. The third-order valence-electron chi connectivity index (χ3n) is 4.20. The molecule has 2 aromatic heterocycles. The molecule has 0 aliphatic rings. The number of amides is 1. The Morgan fingerprint density at radius 1 is 1.19 bits per heavy atom. The van der Waals surface area contributed by atoms with Gasteiger partial charge in [-0.2, -0.15) is 0 Å². The fraction of sp³-hybridized carbons (Fsp3) is 0.350. The van der Waals surface area contributed by atoms with Crippen LogP contribution in [0, 0.1) is 0 Å². The van der Waals surface area contributed by atoms with Crippen molar-refractivity contribution in [1.82, 2.24) is 19.9 Å². The quantitative estimate of drug-likeness (QED) is 0.601. The molecule has 0 bridgehead atoms. The molecule has 6 heteroatoms. The van der Waals surface area contributed by atoms with Gasteiger partial charge in [0.15, 0.2) is 5.65 Å². The van der Waals surface area contributed by atoms with Gasteiger partial charge in [0.05, 0.1) is 13.2 Å². The van der Waals surface area contributed by atoms with Crippen molar-refractivity contribution in [2.45, 2.75) is 25.8 Å². The zero-order valence-electron chi connectivity index (χ0n) is 15.0. The highest BCUT2D eigenvalue weighted by Crippen LogP contribution is 2.17. The summed E-state index contributed by atoms with van der Waals surface area (Å²) in [5, 5.41) is 2.85. The number of nitrogens with zero attached hydrogens (tertiary/aromatic N) is 3. The van der Waals surface area contributed by atoms with Crippen molar-refractivity contribution in [3.63, 3.8) is 0 Å². The number of rotatable bonds is 9. The molecule has 0 aliphatic heterocycles. The molecule has 0 saturated carbocycles. The summed E-state index contributed by atoms with van der Waals surface area (Å²) in [6, 6.07) is 14.2. The molecule has 0 fully saturated rings. The lowest BCUT2D eigenvalue weighted by molar-refractivity contribution is -0.121. The number of hydrogen-bond donors (Lipinski definition) is 1. The molecule has 3 rings (SSSR count). The maximum atomic E-state index is 11.8. The van der Waals surface area contributed by atoms with Crippen molar-refractivity contribution in [3.05, 3.63) is 60.0 Å². The predicted molar refractivity (Wildman–Crippen MR) is 101 cm³/mol. The standard InChI is InChI=1S/C20H24N4O2/c1-26-14-13-21-19(25)11-5-10-18-23-17-9-6-12-22-20(17)24(18)15-16-7-3-2-4-8-16/h2-4,6-9,12H,5,10-11,13-15H2,1H3,(H,21,25). The summed E-state index contributed by atoms with van der Waals surface area (Å²) in [6.07, 6.45) is 3.75. The van der Waals surface area contributed by atoms with Crippen LogP contribution in [0.4, 0.5) is 0 Å². The summed E-state index contributed by atoms with van der Waals surface area (Å²) < 4.78 is 7.08. The summed E-state index contributed by atoms with van der Waals surface area (Å²) in [7, 11) is 1.62. The molecule has 0 saturated heterocycles. The number of fused-ring (bicyclic) bond motifs is 1. The summed E-state index contributed by atoms with van der Waals surface area (Å²) >= 11 is 0. The van der Waals surface area contributed by atoms with Gasteiger partial charge in [0, 0.05) is 32.7 Å². The van der Waals surface area contributed by atoms with E-state index < -0.39 is 0 Å². The first-order valence-electron chi connectivity index (χ1n) is 8.87. The van der Waals surface area contributed by atoms with E-state index in [0.717, 1.165) is 36.4 Å². The topological polar surface area (TPSA) is 69.0 Å². The van der Waals surface area contributed by atoms with Crippen LogP contribution in [0.5, 0.6) is 0 Å². The summed E-state index contributed by atoms with van der Waals surface area (Å²) in [6.45, 7) is 1.81. The third kappa shape index (κ3) is 4.67. The number of methoxy groups -OCH3 is 1. The Morgan fingerprint density at radius 2 is 2.04 bits per heavy atom. The maximum Gasteiger partial charge on any atom is 0.220 e. The van der Waals surface area contributed by atoms with Gasteiger partial charge in [-0.15, -0.1) is 0 Å². The number of imidazole rings is 1. The van der Waals surface area contributed by atoms with Crippen molar-refractivity contribution in [3.8, 4) is 0 Å². The van der Waals surface area contributed by atoms with Crippen LogP contribution in [0.2, 0.25) is 0 Å². The van der Waals surface area contributed by atoms with Gasteiger partial charge in [0.25, 0.3) is 0 Å². The van der Waals surface area contributed by atoms with Crippen LogP contribution in [0.15, 0.2) is 48.7 Å². The molecule has 6 nitrogen and oxygen atoms in total. The molecule has 0 atom stereocenters. The first kappa shape index (κ1) is 18.1. The number of benzene rings is 1. The van der Waals surface area contributed by atoms with Crippen molar-refractivity contribution in [1.29, 1.82) is 0 Å². The number of nitrogens with one attached hydrogen (secondary N) is 1. The Hall–Kier alpha value is -2.73. The number of pyridine rings is 1. The fourth-order valence-electron chi connectivity index (χ4n) is 2.92. The molecule has 2 heterocycles. The number of carbonyl (C=O) groups excluding carboxylic acids is 1. The molecule has 136 valence electrons. The molecular weight excluding hydrogens is 328 g/mol. The van der Waals surface area contributed by atoms with Gasteiger partial charge in [0.1, 0.15) is 11.3 Å². The van der Waals surface area contributed by atoms with Gasteiger partial charge in [-0.25, -0.2) is 9.97 Å². The molecule has 0 unspecified atom stereocenters. The van der Waals surface area contributed by atoms with Gasteiger partial charge in [-0.1, -0.05) is 30.3 Å². The van der Waals surface area contributed by atoms with Gasteiger partial charge < -0.3 is 14.6 Å². The Labute approximate surface area is 153 Å². The van der Waals surface area contributed by atoms with Gasteiger partial charge >= 0.3 is 0 Å². The number of carbonyl (C=O) groups is 1. The zero-order chi connectivity index (χ0) is 18.2. The average molecular weight is 352 g/mol. The molecule has 3 aromatic rings. The molecule has 0 spiro atoms. The van der Waals surface area contributed by atoms with E-state index in [2.05, 4.69) is 27.0 Å². The molecule has 1 amide bonds. The van der Waals surface area contributed by atoms with E-state index in [-0.39, 0.29) is 5.91 Å². The third-order valence-corrected chi connectivity index (χ3v) is 4.20. The minimum atomic E-state index is 0.0471. The van der Waals surface area contributed by atoms with Crippen LogP contribution in [0.25, 0.3) is 11.2 Å². The molecule has 0 radical (unpaired) electrons. The smallest absolute Gasteiger partial charge is 0.220 e. The summed E-state index contributed by atoms with van der Waals surface area (Å²) in [5.74, 6) is 1.01. The van der Waals surface area contributed by atoms with Crippen molar-refractivity contribution in [2.24, 2.45) is 0 Å². The molecular formula is C20H24N4O2. The highest BCUT2D eigenvalue weighted by molar-refractivity contribution is 5.75. The average Bonchev–Trinajstić information content (AvgIpc) is 3.00. The summed E-state index contributed by atoms with van der Waals surface area (Å²) in [4.78, 5) is 21.1. The second-order valence-electron chi connectivity index (χ2n) is 6.14. The van der Waals surface area contributed by atoms with E-state index >= 15 is 0 Å². The number of aryl methyl sites for hydroxylation is 1. The number of aromatic nitrogens is 3. The lowest BCUT2D eigenvalue weighted by Crippen LogP contribution is -2.26. The van der Waals surface area contributed by atoms with Crippen LogP contribution in [0.1, 0.15) is 24.2 Å². The van der Waals surface area contributed by atoms with E-state index in [4.69, 9.17) is 9.72 Å². The van der Waals surface area contributed by atoms with Crippen LogP contribution in [-0.2, 0) is 22.5 Å². The van der Waals surface area contributed by atoms with Crippen molar-refractivity contribution >= 4 is 17.1 Å². The molecule has 26 heavy (non-hydrogen) atoms. The van der Waals surface area contributed by atoms with Gasteiger partial charge in [-0.05, 0) is 24.1 Å². The largest absolute Gasteiger partial charge is 0.383 e. The first-order chi connectivity index (χ1) is 12.8. The van der Waals surface area contributed by atoms with Crippen LogP contribution in [-0.4, -0.2) is 40.7 Å². The van der Waals surface area contributed by atoms with E-state index in [9.17, 15) is 4.79 Å². The van der Waals surface area contributed by atoms with Crippen molar-refractivity contribution < 1.29 is 9.53 Å². The van der Waals surface area contributed by atoms with Crippen molar-refractivity contribution in [2.75, 3.05) is 20.3 Å². The molecule has 0 aliphatic carbocycles. The van der Waals surface area contributed by atoms with Crippen LogP contribution >= 0.6 is 0 Å². The van der Waals surface area contributed by atoms with E-state index in [1.807, 2.05) is 30.3 Å². The highest BCUT2D eigenvalue weighted by atomic mass is 16.5. The highest BCUT2D eigenvalue weighted by Gasteiger charge is 2.12. The fourth-order valence-corrected chi connectivity index (χ4v) is 2.92. The lowest BCUT2D eigenvalue weighted by atomic mass is 10.2. The normalized spacial score (nSPS) is 11.0. The second kappa shape index (κ2) is 9.10. The number of ether oxygens (including phenoxy) is 1. The minimum absolute atomic E-state index is 0.0471. The van der Waals surface area contributed by atoms with Crippen LogP contribution < -0.4 is 5.32 Å². The lowest BCUT2D eigenvalue weighted by Gasteiger charge is -2.09.